The third-order valence-corrected chi connectivity index (χ3v) is 4.85. The van der Waals surface area contributed by atoms with Gasteiger partial charge in [-0.3, -0.25) is 0 Å². The maximum Gasteiger partial charge on any atom is 0.315 e. The number of aryl methyl sites for hydroxylation is 1. The van der Waals surface area contributed by atoms with E-state index in [2.05, 4.69) is 31.5 Å². The van der Waals surface area contributed by atoms with E-state index >= 15 is 0 Å². The minimum Gasteiger partial charge on any atom is -0.493 e. The summed E-state index contributed by atoms with van der Waals surface area (Å²) in [5.74, 6) is 3.11. The van der Waals surface area contributed by atoms with Gasteiger partial charge in [0.1, 0.15) is 11.6 Å². The van der Waals surface area contributed by atoms with Crippen LogP contribution in [0.25, 0.3) is 0 Å². The van der Waals surface area contributed by atoms with Crippen LogP contribution >= 0.6 is 0 Å². The van der Waals surface area contributed by atoms with Gasteiger partial charge in [0.2, 0.25) is 0 Å². The number of ether oxygens (including phenoxy) is 1. The molecule has 2 aliphatic rings. The lowest BCUT2D eigenvalue weighted by atomic mass is 9.97. The first-order valence-electron chi connectivity index (χ1n) is 8.93. The number of rotatable bonds is 4. The molecule has 0 unspecified atom stereocenters. The molecule has 0 saturated heterocycles. The Labute approximate surface area is 146 Å². The van der Waals surface area contributed by atoms with E-state index in [-0.39, 0.29) is 6.03 Å². The number of fused-ring (bicyclic) bond motifs is 2. The van der Waals surface area contributed by atoms with Crippen molar-refractivity contribution in [1.29, 1.82) is 0 Å². The van der Waals surface area contributed by atoms with Crippen LogP contribution in [-0.4, -0.2) is 33.9 Å². The number of benzene rings is 1. The number of nitrogens with zero attached hydrogens (tertiary/aromatic N) is 3. The van der Waals surface area contributed by atoms with Crippen molar-refractivity contribution < 1.29 is 9.53 Å². The number of hydrogen-bond donors (Lipinski definition) is 2. The maximum absolute atomic E-state index is 12.1. The summed E-state index contributed by atoms with van der Waals surface area (Å²) in [6.07, 6.45) is 4.21. The lowest BCUT2D eigenvalue weighted by Crippen LogP contribution is -2.40. The average molecular weight is 341 g/mol. The van der Waals surface area contributed by atoms with Crippen molar-refractivity contribution in [1.82, 2.24) is 25.4 Å². The summed E-state index contributed by atoms with van der Waals surface area (Å²) in [6, 6.07) is 7.89. The first kappa shape index (κ1) is 15.9. The summed E-state index contributed by atoms with van der Waals surface area (Å²) in [6.45, 7) is 2.58. The standard InChI is InChI=1S/C18H23N5O2/c24-18(20-11-17-22-21-16-7-3-4-8-23(16)17)19-10-13-9-14-5-1-2-6-15(14)25-12-13/h1-2,5-6,13H,3-4,7-12H2,(H2,19,20,24)/t13-/m0/s1. The molecule has 2 aromatic rings. The molecule has 2 aliphatic heterocycles. The zero-order valence-electron chi connectivity index (χ0n) is 14.2. The summed E-state index contributed by atoms with van der Waals surface area (Å²) in [7, 11) is 0. The predicted octanol–water partition coefficient (Wildman–Crippen LogP) is 1.66. The van der Waals surface area contributed by atoms with Crippen LogP contribution in [0.5, 0.6) is 5.75 Å². The normalized spacial score (nSPS) is 18.6. The summed E-state index contributed by atoms with van der Waals surface area (Å²) in [5.41, 5.74) is 1.20. The number of para-hydroxylation sites is 1. The van der Waals surface area contributed by atoms with E-state index in [1.165, 1.54) is 12.0 Å². The van der Waals surface area contributed by atoms with Crippen LogP contribution in [0, 0.1) is 5.92 Å². The van der Waals surface area contributed by atoms with E-state index in [0.29, 0.717) is 25.6 Å². The van der Waals surface area contributed by atoms with E-state index in [1.807, 2.05) is 18.2 Å². The van der Waals surface area contributed by atoms with Crippen LogP contribution in [0.4, 0.5) is 4.79 Å². The third-order valence-electron chi connectivity index (χ3n) is 4.85. The SMILES string of the molecule is O=C(NCc1nnc2n1CCCC2)NC[C@H]1COc2ccccc2C1. The molecule has 3 heterocycles. The fraction of sp³-hybridized carbons (Fsp3) is 0.500. The first-order valence-corrected chi connectivity index (χ1v) is 8.93. The molecule has 25 heavy (non-hydrogen) atoms. The lowest BCUT2D eigenvalue weighted by Gasteiger charge is -2.25. The van der Waals surface area contributed by atoms with Crippen molar-refractivity contribution in [2.24, 2.45) is 5.92 Å². The molecule has 2 N–H and O–H groups in total. The molecule has 0 aliphatic carbocycles. The second kappa shape index (κ2) is 7.13. The summed E-state index contributed by atoms with van der Waals surface area (Å²) >= 11 is 0. The van der Waals surface area contributed by atoms with Gasteiger partial charge in [-0.2, -0.15) is 0 Å². The number of nitrogens with one attached hydrogen (secondary N) is 2. The Morgan fingerprint density at radius 3 is 3.12 bits per heavy atom. The average Bonchev–Trinajstić information content (AvgIpc) is 3.08. The molecule has 0 fully saturated rings. The van der Waals surface area contributed by atoms with Crippen LogP contribution in [0.15, 0.2) is 24.3 Å². The largest absolute Gasteiger partial charge is 0.493 e. The molecule has 4 rings (SSSR count). The van der Waals surface area contributed by atoms with Crippen molar-refractivity contribution in [3.63, 3.8) is 0 Å². The Balaban J connectivity index is 1.24. The second-order valence-electron chi connectivity index (χ2n) is 6.69. The predicted molar refractivity (Wildman–Crippen MR) is 92.3 cm³/mol. The van der Waals surface area contributed by atoms with Gasteiger partial charge in [0, 0.05) is 25.4 Å². The second-order valence-corrected chi connectivity index (χ2v) is 6.69. The van der Waals surface area contributed by atoms with E-state index in [4.69, 9.17) is 4.74 Å². The van der Waals surface area contributed by atoms with E-state index < -0.39 is 0 Å². The Morgan fingerprint density at radius 1 is 1.24 bits per heavy atom. The number of aromatic nitrogens is 3. The lowest BCUT2D eigenvalue weighted by molar-refractivity contribution is 0.211. The number of carbonyl (C=O) groups is 1. The molecule has 1 aromatic heterocycles. The number of hydrogen-bond acceptors (Lipinski definition) is 4. The topological polar surface area (TPSA) is 81.1 Å². The van der Waals surface area contributed by atoms with Crippen LogP contribution in [-0.2, 0) is 25.9 Å². The highest BCUT2D eigenvalue weighted by Gasteiger charge is 2.20. The maximum atomic E-state index is 12.1. The van der Waals surface area contributed by atoms with Gasteiger partial charge >= 0.3 is 6.03 Å². The molecular weight excluding hydrogens is 318 g/mol. The van der Waals surface area contributed by atoms with Crippen LogP contribution < -0.4 is 15.4 Å². The molecule has 2 amide bonds. The highest BCUT2D eigenvalue weighted by atomic mass is 16.5. The third kappa shape index (κ3) is 3.60. The van der Waals surface area contributed by atoms with Gasteiger partial charge in [0.15, 0.2) is 5.82 Å². The van der Waals surface area contributed by atoms with Crippen molar-refractivity contribution >= 4 is 6.03 Å². The summed E-state index contributed by atoms with van der Waals surface area (Å²) in [5, 5.41) is 14.2. The quantitative estimate of drug-likeness (QED) is 0.886. The fourth-order valence-electron chi connectivity index (χ4n) is 3.48. The zero-order chi connectivity index (χ0) is 17.1. The minimum atomic E-state index is -0.174. The molecule has 0 saturated carbocycles. The molecule has 7 nitrogen and oxygen atoms in total. The smallest absolute Gasteiger partial charge is 0.315 e. The van der Waals surface area contributed by atoms with E-state index in [9.17, 15) is 4.79 Å². The van der Waals surface area contributed by atoms with Crippen LogP contribution in [0.1, 0.15) is 30.1 Å². The molecule has 1 atom stereocenters. The highest BCUT2D eigenvalue weighted by molar-refractivity contribution is 5.73. The molecule has 7 heteroatoms. The van der Waals surface area contributed by atoms with E-state index in [1.54, 1.807) is 0 Å². The number of amides is 2. The van der Waals surface area contributed by atoms with Crippen LogP contribution in [0.2, 0.25) is 0 Å². The van der Waals surface area contributed by atoms with Gasteiger partial charge in [-0.25, -0.2) is 4.79 Å². The van der Waals surface area contributed by atoms with Gasteiger partial charge in [0.05, 0.1) is 13.2 Å². The van der Waals surface area contributed by atoms with Crippen molar-refractivity contribution in [2.45, 2.75) is 38.8 Å². The fourth-order valence-corrected chi connectivity index (χ4v) is 3.48. The Hall–Kier alpha value is -2.57. The van der Waals surface area contributed by atoms with Gasteiger partial charge in [0.25, 0.3) is 0 Å². The number of urea groups is 1. The summed E-state index contributed by atoms with van der Waals surface area (Å²) < 4.78 is 7.88. The van der Waals surface area contributed by atoms with Gasteiger partial charge in [-0.05, 0) is 30.9 Å². The molecule has 0 bridgehead atoms. The van der Waals surface area contributed by atoms with Crippen molar-refractivity contribution in [3.05, 3.63) is 41.5 Å². The molecule has 1 aromatic carbocycles. The monoisotopic (exact) mass is 341 g/mol. The first-order chi connectivity index (χ1) is 12.3. The molecular formula is C18H23N5O2. The van der Waals surface area contributed by atoms with Gasteiger partial charge in [-0.1, -0.05) is 18.2 Å². The van der Waals surface area contributed by atoms with Gasteiger partial charge < -0.3 is 19.9 Å². The Kier molecular flexibility index (Phi) is 4.54. The Morgan fingerprint density at radius 2 is 2.16 bits per heavy atom. The minimum absolute atomic E-state index is 0.174. The zero-order valence-corrected chi connectivity index (χ0v) is 14.2. The summed E-state index contributed by atoms with van der Waals surface area (Å²) in [4.78, 5) is 12.1. The number of carbonyl (C=O) groups excluding carboxylic acids is 1. The molecule has 0 spiro atoms. The highest BCUT2D eigenvalue weighted by Crippen LogP contribution is 2.26. The van der Waals surface area contributed by atoms with Crippen LogP contribution in [0.3, 0.4) is 0 Å². The molecule has 0 radical (unpaired) electrons. The van der Waals surface area contributed by atoms with Crippen molar-refractivity contribution in [3.8, 4) is 5.75 Å². The molecule has 132 valence electrons. The van der Waals surface area contributed by atoms with Crippen molar-refractivity contribution in [2.75, 3.05) is 13.2 Å². The Bertz CT molecular complexity index is 758. The van der Waals surface area contributed by atoms with Gasteiger partial charge in [-0.15, -0.1) is 10.2 Å². The van der Waals surface area contributed by atoms with E-state index in [0.717, 1.165) is 43.2 Å².